The second-order valence-corrected chi connectivity index (χ2v) is 4.60. The molecule has 0 saturated carbocycles. The van der Waals surface area contributed by atoms with Gasteiger partial charge in [-0.05, 0) is 56.0 Å². The minimum Gasteiger partial charge on any atom is -0.317 e. The lowest BCUT2D eigenvalue weighted by Gasteiger charge is -2.24. The van der Waals surface area contributed by atoms with Crippen LogP contribution < -0.4 is 5.32 Å². The van der Waals surface area contributed by atoms with E-state index >= 15 is 0 Å². The number of aryl methyl sites for hydroxylation is 1. The first-order chi connectivity index (χ1) is 7.98. The molecule has 0 spiro atoms. The lowest BCUT2D eigenvalue weighted by molar-refractivity contribution is -0.138. The molecule has 1 aromatic rings. The predicted octanol–water partition coefficient (Wildman–Crippen LogP) is 3.48. The minimum absolute atomic E-state index is 0.262. The predicted molar refractivity (Wildman–Crippen MR) is 61.0 cm³/mol. The second-order valence-electron chi connectivity index (χ2n) is 4.60. The fourth-order valence-electron chi connectivity index (χ4n) is 2.35. The lowest BCUT2D eigenvalue weighted by atomic mass is 9.88. The molecule has 0 aliphatic carbocycles. The van der Waals surface area contributed by atoms with Crippen molar-refractivity contribution in [1.82, 2.24) is 5.32 Å². The van der Waals surface area contributed by atoms with Gasteiger partial charge in [-0.2, -0.15) is 13.2 Å². The summed E-state index contributed by atoms with van der Waals surface area (Å²) in [7, 11) is 0. The van der Waals surface area contributed by atoms with Crippen LogP contribution >= 0.6 is 0 Å². The third-order valence-electron chi connectivity index (χ3n) is 3.38. The zero-order chi connectivity index (χ0) is 12.5. The summed E-state index contributed by atoms with van der Waals surface area (Å²) in [6, 6.07) is 4.74. The molecule has 1 heterocycles. The Morgan fingerprint density at radius 3 is 2.41 bits per heavy atom. The van der Waals surface area contributed by atoms with Gasteiger partial charge in [-0.25, -0.2) is 0 Å². The second kappa shape index (κ2) is 4.69. The number of rotatable bonds is 1. The Hall–Kier alpha value is -1.03. The summed E-state index contributed by atoms with van der Waals surface area (Å²) in [5.74, 6) is 0.262. The Morgan fingerprint density at radius 1 is 1.18 bits per heavy atom. The van der Waals surface area contributed by atoms with Crippen molar-refractivity contribution >= 4 is 0 Å². The van der Waals surface area contributed by atoms with Crippen LogP contribution in [0.25, 0.3) is 0 Å². The van der Waals surface area contributed by atoms with Crippen LogP contribution in [-0.4, -0.2) is 13.1 Å². The molecule has 4 heteroatoms. The van der Waals surface area contributed by atoms with Crippen molar-refractivity contribution < 1.29 is 13.2 Å². The quantitative estimate of drug-likeness (QED) is 0.796. The van der Waals surface area contributed by atoms with E-state index in [2.05, 4.69) is 5.32 Å². The van der Waals surface area contributed by atoms with Crippen molar-refractivity contribution in [3.05, 3.63) is 34.9 Å². The molecule has 94 valence electrons. The average Bonchev–Trinajstić information content (AvgIpc) is 2.29. The summed E-state index contributed by atoms with van der Waals surface area (Å²) in [5.41, 5.74) is 0.633. The van der Waals surface area contributed by atoms with Crippen LogP contribution in [0.4, 0.5) is 13.2 Å². The number of alkyl halides is 3. The van der Waals surface area contributed by atoms with Crippen LogP contribution in [0.1, 0.15) is 35.4 Å². The summed E-state index contributed by atoms with van der Waals surface area (Å²) >= 11 is 0. The van der Waals surface area contributed by atoms with Crippen LogP contribution in [-0.2, 0) is 6.18 Å². The number of hydrogen-bond donors (Lipinski definition) is 1. The van der Waals surface area contributed by atoms with Crippen molar-refractivity contribution in [2.45, 2.75) is 31.9 Å². The molecule has 0 bridgehead atoms. The topological polar surface area (TPSA) is 12.0 Å². The lowest BCUT2D eigenvalue weighted by Crippen LogP contribution is -2.26. The highest BCUT2D eigenvalue weighted by molar-refractivity contribution is 5.35. The molecule has 1 fully saturated rings. The van der Waals surface area contributed by atoms with Gasteiger partial charge >= 0.3 is 6.18 Å². The van der Waals surface area contributed by atoms with E-state index in [4.69, 9.17) is 0 Å². The number of nitrogens with one attached hydrogen (secondary N) is 1. The van der Waals surface area contributed by atoms with E-state index in [-0.39, 0.29) is 5.92 Å². The van der Waals surface area contributed by atoms with E-state index in [1.165, 1.54) is 13.0 Å². The van der Waals surface area contributed by atoms with Crippen LogP contribution in [0.3, 0.4) is 0 Å². The van der Waals surface area contributed by atoms with Gasteiger partial charge in [-0.1, -0.05) is 12.1 Å². The van der Waals surface area contributed by atoms with Crippen LogP contribution in [0, 0.1) is 6.92 Å². The summed E-state index contributed by atoms with van der Waals surface area (Å²) in [5, 5.41) is 3.22. The van der Waals surface area contributed by atoms with E-state index in [9.17, 15) is 13.2 Å². The maximum Gasteiger partial charge on any atom is 0.416 e. The molecular weight excluding hydrogens is 227 g/mol. The Labute approximate surface area is 99.0 Å². The van der Waals surface area contributed by atoms with Gasteiger partial charge in [0.15, 0.2) is 0 Å². The van der Waals surface area contributed by atoms with Crippen molar-refractivity contribution in [2.75, 3.05) is 13.1 Å². The molecule has 1 nitrogen and oxygen atoms in total. The summed E-state index contributed by atoms with van der Waals surface area (Å²) < 4.78 is 38.4. The van der Waals surface area contributed by atoms with E-state index in [1.807, 2.05) is 6.07 Å². The van der Waals surface area contributed by atoms with E-state index in [0.29, 0.717) is 5.56 Å². The molecule has 0 atom stereocenters. The van der Waals surface area contributed by atoms with Gasteiger partial charge in [0.2, 0.25) is 0 Å². The van der Waals surface area contributed by atoms with Crippen molar-refractivity contribution in [2.24, 2.45) is 0 Å². The monoisotopic (exact) mass is 243 g/mol. The van der Waals surface area contributed by atoms with Crippen LogP contribution in [0.5, 0.6) is 0 Å². The molecule has 2 rings (SSSR count). The van der Waals surface area contributed by atoms with Crippen LogP contribution in [0.15, 0.2) is 18.2 Å². The molecule has 0 radical (unpaired) electrons. The molecule has 1 N–H and O–H groups in total. The largest absolute Gasteiger partial charge is 0.416 e. The number of hydrogen-bond acceptors (Lipinski definition) is 1. The standard InChI is InChI=1S/C13H16F3N/c1-9-2-3-11(8-12(9)13(14,15)16)10-4-6-17-7-5-10/h2-3,8,10,17H,4-7H2,1H3. The van der Waals surface area contributed by atoms with Crippen molar-refractivity contribution in [3.8, 4) is 0 Å². The molecule has 1 saturated heterocycles. The van der Waals surface area contributed by atoms with E-state index < -0.39 is 11.7 Å². The number of piperidine rings is 1. The smallest absolute Gasteiger partial charge is 0.317 e. The maximum absolute atomic E-state index is 12.8. The highest BCUT2D eigenvalue weighted by Crippen LogP contribution is 2.35. The summed E-state index contributed by atoms with van der Waals surface area (Å²) in [6.45, 7) is 3.29. The van der Waals surface area contributed by atoms with Gasteiger partial charge in [0, 0.05) is 0 Å². The van der Waals surface area contributed by atoms with Crippen molar-refractivity contribution in [1.29, 1.82) is 0 Å². The van der Waals surface area contributed by atoms with Gasteiger partial charge in [0.25, 0.3) is 0 Å². The highest BCUT2D eigenvalue weighted by Gasteiger charge is 2.33. The highest BCUT2D eigenvalue weighted by atomic mass is 19.4. The normalized spacial score (nSPS) is 18.4. The minimum atomic E-state index is -4.24. The third-order valence-corrected chi connectivity index (χ3v) is 3.38. The molecular formula is C13H16F3N. The molecule has 0 unspecified atom stereocenters. The maximum atomic E-state index is 12.8. The SMILES string of the molecule is Cc1ccc(C2CCNCC2)cc1C(F)(F)F. The first-order valence-corrected chi connectivity index (χ1v) is 5.87. The Morgan fingerprint density at radius 2 is 1.82 bits per heavy atom. The first kappa shape index (κ1) is 12.4. The first-order valence-electron chi connectivity index (χ1n) is 5.87. The molecule has 1 aliphatic heterocycles. The van der Waals surface area contributed by atoms with Gasteiger partial charge in [-0.3, -0.25) is 0 Å². The van der Waals surface area contributed by atoms with Gasteiger partial charge < -0.3 is 5.32 Å². The number of halogens is 3. The summed E-state index contributed by atoms with van der Waals surface area (Å²) in [4.78, 5) is 0. The number of benzene rings is 1. The molecule has 0 amide bonds. The zero-order valence-electron chi connectivity index (χ0n) is 9.77. The average molecular weight is 243 g/mol. The Kier molecular flexibility index (Phi) is 3.43. The van der Waals surface area contributed by atoms with Gasteiger partial charge in [0.1, 0.15) is 0 Å². The molecule has 17 heavy (non-hydrogen) atoms. The fraction of sp³-hybridized carbons (Fsp3) is 0.538. The molecule has 1 aromatic carbocycles. The van der Waals surface area contributed by atoms with E-state index in [1.54, 1.807) is 6.07 Å². The third kappa shape index (κ3) is 2.80. The van der Waals surface area contributed by atoms with Crippen molar-refractivity contribution in [3.63, 3.8) is 0 Å². The van der Waals surface area contributed by atoms with E-state index in [0.717, 1.165) is 31.5 Å². The fourth-order valence-corrected chi connectivity index (χ4v) is 2.35. The molecule has 0 aromatic heterocycles. The molecule has 1 aliphatic rings. The van der Waals surface area contributed by atoms with Gasteiger partial charge in [0.05, 0.1) is 5.56 Å². The van der Waals surface area contributed by atoms with Gasteiger partial charge in [-0.15, -0.1) is 0 Å². The Bertz CT molecular complexity index is 392. The summed E-state index contributed by atoms with van der Waals surface area (Å²) in [6.07, 6.45) is -2.41. The van der Waals surface area contributed by atoms with Crippen LogP contribution in [0.2, 0.25) is 0 Å². The Balaban J connectivity index is 2.30. The zero-order valence-corrected chi connectivity index (χ0v) is 9.77.